The predicted molar refractivity (Wildman–Crippen MR) is 132 cm³/mol. The molecule has 9 heteroatoms. The minimum absolute atomic E-state index is 0.0111. The van der Waals surface area contributed by atoms with Gasteiger partial charge in [-0.3, -0.25) is 0 Å². The van der Waals surface area contributed by atoms with Gasteiger partial charge >= 0.3 is 12.1 Å². The molecule has 192 valence electrons. The van der Waals surface area contributed by atoms with E-state index < -0.39 is 29.6 Å². The number of esters is 1. The van der Waals surface area contributed by atoms with E-state index in [1.54, 1.807) is 13.0 Å². The van der Waals surface area contributed by atoms with E-state index in [1.807, 2.05) is 30.3 Å². The quantitative estimate of drug-likeness (QED) is 0.326. The van der Waals surface area contributed by atoms with Gasteiger partial charge in [0.25, 0.3) is 0 Å². The number of guanidine groups is 1. The van der Waals surface area contributed by atoms with Crippen LogP contribution in [-0.4, -0.2) is 23.9 Å². The molecule has 0 saturated heterocycles. The van der Waals surface area contributed by atoms with Gasteiger partial charge in [-0.1, -0.05) is 60.7 Å². The van der Waals surface area contributed by atoms with E-state index in [4.69, 9.17) is 4.74 Å². The Labute approximate surface area is 212 Å². The summed E-state index contributed by atoms with van der Waals surface area (Å²) in [6, 6.07) is 19.5. The number of hydrogen-bond acceptors (Lipinski definition) is 3. The van der Waals surface area contributed by atoms with Gasteiger partial charge < -0.3 is 15.0 Å². The van der Waals surface area contributed by atoms with Crippen molar-refractivity contribution in [1.29, 1.82) is 0 Å². The van der Waals surface area contributed by atoms with E-state index in [0.29, 0.717) is 11.3 Å². The van der Waals surface area contributed by atoms with Gasteiger partial charge in [0.2, 0.25) is 0 Å². The van der Waals surface area contributed by atoms with Crippen molar-refractivity contribution in [3.63, 3.8) is 0 Å². The lowest BCUT2D eigenvalue weighted by Crippen LogP contribution is -2.49. The Balaban J connectivity index is 1.85. The molecule has 3 aromatic rings. The predicted octanol–water partition coefficient (Wildman–Crippen LogP) is 5.99. The van der Waals surface area contributed by atoms with Crippen molar-refractivity contribution in [2.75, 3.05) is 7.11 Å². The molecular weight excluding hydrogens is 486 g/mol. The van der Waals surface area contributed by atoms with Crippen LogP contribution in [-0.2, 0) is 28.8 Å². The number of allylic oxidation sites excluding steroid dienone is 1. The van der Waals surface area contributed by atoms with Crippen LogP contribution >= 0.6 is 0 Å². The lowest BCUT2D eigenvalue weighted by atomic mass is 9.94. The van der Waals surface area contributed by atoms with Crippen molar-refractivity contribution < 1.29 is 27.1 Å². The first-order valence-corrected chi connectivity index (χ1v) is 11.5. The van der Waals surface area contributed by atoms with Gasteiger partial charge in [0, 0.05) is 5.70 Å². The Morgan fingerprint density at radius 2 is 1.73 bits per heavy atom. The third-order valence-corrected chi connectivity index (χ3v) is 6.11. The van der Waals surface area contributed by atoms with E-state index in [-0.39, 0.29) is 30.2 Å². The smallest absolute Gasteiger partial charge is 0.416 e. The van der Waals surface area contributed by atoms with Crippen LogP contribution in [0.5, 0.6) is 0 Å². The molecule has 5 nitrogen and oxygen atoms in total. The molecule has 0 spiro atoms. The second-order valence-electron chi connectivity index (χ2n) is 8.49. The zero-order valence-electron chi connectivity index (χ0n) is 20.2. The first kappa shape index (κ1) is 25.9. The maximum atomic E-state index is 14.1. The zero-order valence-corrected chi connectivity index (χ0v) is 20.2. The summed E-state index contributed by atoms with van der Waals surface area (Å²) in [4.78, 5) is 19.1. The molecule has 4 rings (SSSR count). The maximum Gasteiger partial charge on any atom is 0.416 e. The Kier molecular flexibility index (Phi) is 7.61. The Morgan fingerprint density at radius 3 is 2.41 bits per heavy atom. The highest BCUT2D eigenvalue weighted by atomic mass is 19.4. The summed E-state index contributed by atoms with van der Waals surface area (Å²) in [5, 5.41) is 3.16. The minimum atomic E-state index is -4.56. The number of rotatable bonds is 6. The van der Waals surface area contributed by atoms with Gasteiger partial charge in [-0.25, -0.2) is 14.2 Å². The van der Waals surface area contributed by atoms with Crippen molar-refractivity contribution in [3.05, 3.63) is 118 Å². The summed E-state index contributed by atoms with van der Waals surface area (Å²) < 4.78 is 60.4. The normalized spacial score (nSPS) is 17.1. The van der Waals surface area contributed by atoms with Gasteiger partial charge in [-0.15, -0.1) is 0 Å². The summed E-state index contributed by atoms with van der Waals surface area (Å²) in [5.74, 6) is -0.929. The van der Waals surface area contributed by atoms with E-state index >= 15 is 0 Å². The molecule has 0 amide bonds. The molecule has 1 aliphatic heterocycles. The molecule has 1 aliphatic rings. The second kappa shape index (κ2) is 10.9. The van der Waals surface area contributed by atoms with Crippen molar-refractivity contribution in [1.82, 2.24) is 10.2 Å². The van der Waals surface area contributed by atoms with Crippen LogP contribution in [0, 0.1) is 5.82 Å². The van der Waals surface area contributed by atoms with Crippen molar-refractivity contribution in [3.8, 4) is 0 Å². The number of ether oxygens (including phenoxy) is 1. The average molecular weight is 512 g/mol. The second-order valence-corrected chi connectivity index (χ2v) is 8.49. The largest absolute Gasteiger partial charge is 0.466 e. The number of hydrogen-bond donors (Lipinski definition) is 1. The van der Waals surface area contributed by atoms with Gasteiger partial charge in [-0.2, -0.15) is 13.2 Å². The number of nitrogens with one attached hydrogen (secondary N) is 1. The van der Waals surface area contributed by atoms with Crippen molar-refractivity contribution in [2.24, 2.45) is 4.99 Å². The van der Waals surface area contributed by atoms with Crippen LogP contribution in [0.25, 0.3) is 0 Å². The summed E-state index contributed by atoms with van der Waals surface area (Å²) in [7, 11) is 1.22. The van der Waals surface area contributed by atoms with Gasteiger partial charge in [0.1, 0.15) is 5.82 Å². The number of carbonyl (C=O) groups is 1. The summed E-state index contributed by atoms with van der Waals surface area (Å²) in [5.41, 5.74) is 1.06. The molecule has 0 aromatic heterocycles. The van der Waals surface area contributed by atoms with E-state index in [1.165, 1.54) is 48.4 Å². The molecule has 37 heavy (non-hydrogen) atoms. The maximum absolute atomic E-state index is 14.1. The first-order valence-electron chi connectivity index (χ1n) is 11.5. The van der Waals surface area contributed by atoms with E-state index in [2.05, 4.69) is 10.3 Å². The van der Waals surface area contributed by atoms with Crippen LogP contribution < -0.4 is 5.32 Å². The lowest BCUT2D eigenvalue weighted by Gasteiger charge is -2.38. The number of halogens is 4. The molecule has 0 saturated carbocycles. The van der Waals surface area contributed by atoms with Crippen LogP contribution in [0.3, 0.4) is 0 Å². The molecule has 1 atom stereocenters. The highest BCUT2D eigenvalue weighted by Crippen LogP contribution is 2.36. The van der Waals surface area contributed by atoms with Crippen LogP contribution in [0.4, 0.5) is 17.6 Å². The zero-order chi connectivity index (χ0) is 26.6. The van der Waals surface area contributed by atoms with E-state index in [0.717, 1.165) is 11.6 Å². The Bertz CT molecular complexity index is 1340. The third-order valence-electron chi connectivity index (χ3n) is 6.11. The highest BCUT2D eigenvalue weighted by molar-refractivity contribution is 5.96. The number of alkyl halides is 3. The monoisotopic (exact) mass is 511 g/mol. The van der Waals surface area contributed by atoms with Gasteiger partial charge in [0.15, 0.2) is 5.96 Å². The topological polar surface area (TPSA) is 53.9 Å². The summed E-state index contributed by atoms with van der Waals surface area (Å²) in [6.45, 7) is 1.64. The minimum Gasteiger partial charge on any atom is -0.466 e. The van der Waals surface area contributed by atoms with Gasteiger partial charge in [0.05, 0.1) is 37.4 Å². The SMILES string of the molecule is COC(=O)C1=C(C)N(Cc2ccccc2C(F)(F)F)C(=NCc2ccccc2)NC1c1cccc(F)c1. The van der Waals surface area contributed by atoms with Crippen molar-refractivity contribution >= 4 is 11.9 Å². The van der Waals surface area contributed by atoms with Crippen molar-refractivity contribution in [2.45, 2.75) is 32.2 Å². The molecular formula is C28H25F4N3O2. The molecule has 0 radical (unpaired) electrons. The van der Waals surface area contributed by atoms with Crippen LogP contribution in [0.1, 0.15) is 35.2 Å². The number of benzene rings is 3. The molecule has 0 aliphatic carbocycles. The summed E-state index contributed by atoms with van der Waals surface area (Å²) >= 11 is 0. The number of methoxy groups -OCH3 is 1. The lowest BCUT2D eigenvalue weighted by molar-refractivity contribution is -0.139. The number of aliphatic imine (C=N–C) groups is 1. The molecule has 1 N–H and O–H groups in total. The molecule has 1 unspecified atom stereocenters. The number of nitrogens with zero attached hydrogens (tertiary/aromatic N) is 2. The fourth-order valence-electron chi connectivity index (χ4n) is 4.28. The highest BCUT2D eigenvalue weighted by Gasteiger charge is 2.38. The molecule has 0 bridgehead atoms. The Hall–Kier alpha value is -4.14. The fraction of sp³-hybridized carbons (Fsp3) is 0.214. The molecule has 3 aromatic carbocycles. The fourth-order valence-corrected chi connectivity index (χ4v) is 4.28. The van der Waals surface area contributed by atoms with Crippen LogP contribution in [0.2, 0.25) is 0 Å². The van der Waals surface area contributed by atoms with Gasteiger partial charge in [-0.05, 0) is 41.8 Å². The van der Waals surface area contributed by atoms with Crippen LogP contribution in [0.15, 0.2) is 95.1 Å². The van der Waals surface area contributed by atoms with E-state index in [9.17, 15) is 22.4 Å². The number of carbonyl (C=O) groups excluding carboxylic acids is 1. The molecule has 1 heterocycles. The Morgan fingerprint density at radius 1 is 1.03 bits per heavy atom. The standard InChI is InChI=1S/C28H25F4N3O2/c1-18-24(26(36)37-2)25(20-12-8-13-22(29)15-20)34-27(33-16-19-9-4-3-5-10-19)35(18)17-21-11-6-7-14-23(21)28(30,31)32/h3-15,25H,16-17H2,1-2H3,(H,33,34). The average Bonchev–Trinajstić information content (AvgIpc) is 2.88. The first-order chi connectivity index (χ1) is 17.7. The summed E-state index contributed by atoms with van der Waals surface area (Å²) in [6.07, 6.45) is -4.56. The third kappa shape index (κ3) is 5.82. The molecule has 0 fully saturated rings.